The number of nitrogens with zero attached hydrogens (tertiary/aromatic N) is 2. The first-order chi connectivity index (χ1) is 10.8. The Labute approximate surface area is 144 Å². The largest absolute Gasteiger partial charge is 0.494 e. The molecule has 2 heterocycles. The van der Waals surface area contributed by atoms with Crippen molar-refractivity contribution in [1.29, 1.82) is 0 Å². The van der Waals surface area contributed by atoms with E-state index in [1.54, 1.807) is 6.07 Å². The summed E-state index contributed by atoms with van der Waals surface area (Å²) < 4.78 is 18.6. The van der Waals surface area contributed by atoms with Crippen LogP contribution in [0.15, 0.2) is 18.2 Å². The molecule has 23 heavy (non-hydrogen) atoms. The number of nitrogens with one attached hydrogen (secondary N) is 1. The molecule has 4 nitrogen and oxygen atoms in total. The molecule has 1 N–H and O–H groups in total. The molecule has 2 aliphatic rings. The molecular weight excluding hydrogens is 317 g/mol. The number of hydrogen-bond donors (Lipinski definition) is 1. The fourth-order valence-corrected chi connectivity index (χ4v) is 3.46. The molecule has 0 unspecified atom stereocenters. The molecule has 2 fully saturated rings. The average molecular weight is 344 g/mol. The van der Waals surface area contributed by atoms with Crippen molar-refractivity contribution in [2.24, 2.45) is 5.92 Å². The highest BCUT2D eigenvalue weighted by atomic mass is 35.5. The Morgan fingerprint density at radius 1 is 1.17 bits per heavy atom. The van der Waals surface area contributed by atoms with Gasteiger partial charge in [-0.1, -0.05) is 0 Å². The first-order valence-electron chi connectivity index (χ1n) is 8.28. The van der Waals surface area contributed by atoms with Crippen molar-refractivity contribution in [2.45, 2.75) is 12.8 Å². The van der Waals surface area contributed by atoms with Crippen LogP contribution in [-0.4, -0.2) is 57.8 Å². The lowest BCUT2D eigenvalue weighted by Crippen LogP contribution is -2.48. The van der Waals surface area contributed by atoms with Gasteiger partial charge in [0.25, 0.3) is 0 Å². The van der Waals surface area contributed by atoms with Crippen LogP contribution >= 0.6 is 12.4 Å². The average Bonchev–Trinajstić information content (AvgIpc) is 2.57. The zero-order valence-corrected chi connectivity index (χ0v) is 14.6. The zero-order valence-electron chi connectivity index (χ0n) is 13.8. The van der Waals surface area contributed by atoms with Gasteiger partial charge in [-0.15, -0.1) is 12.4 Å². The summed E-state index contributed by atoms with van der Waals surface area (Å²) in [5.74, 6) is 0.879. The van der Waals surface area contributed by atoms with E-state index in [-0.39, 0.29) is 18.2 Å². The number of methoxy groups -OCH3 is 1. The minimum atomic E-state index is -0.296. The number of anilines is 1. The van der Waals surface area contributed by atoms with Crippen LogP contribution in [0.3, 0.4) is 0 Å². The van der Waals surface area contributed by atoms with Gasteiger partial charge in [0.15, 0.2) is 11.6 Å². The quantitative estimate of drug-likeness (QED) is 0.908. The number of hydrogen-bond acceptors (Lipinski definition) is 4. The number of piperazine rings is 1. The lowest BCUT2D eigenvalue weighted by atomic mass is 9.97. The standard InChI is InChI=1S/C17H26FN3O.ClH/c1-22-17-12-15(2-3-16(17)18)21-10-8-20(9-11-21)13-14-4-6-19-7-5-14;/h2-3,12,14,19H,4-11,13H2,1H3;1H. The molecule has 0 bridgehead atoms. The van der Waals surface area contributed by atoms with Gasteiger partial charge in [-0.3, -0.25) is 4.90 Å². The summed E-state index contributed by atoms with van der Waals surface area (Å²) in [5, 5.41) is 3.43. The Morgan fingerprint density at radius 3 is 2.52 bits per heavy atom. The maximum atomic E-state index is 13.5. The van der Waals surface area contributed by atoms with Gasteiger partial charge < -0.3 is 15.0 Å². The van der Waals surface area contributed by atoms with Crippen LogP contribution < -0.4 is 15.0 Å². The predicted molar refractivity (Wildman–Crippen MR) is 94.4 cm³/mol. The van der Waals surface area contributed by atoms with Gasteiger partial charge in [0, 0.05) is 44.5 Å². The summed E-state index contributed by atoms with van der Waals surface area (Å²) in [6, 6.07) is 5.15. The van der Waals surface area contributed by atoms with E-state index in [0.29, 0.717) is 5.75 Å². The fraction of sp³-hybridized carbons (Fsp3) is 0.647. The third kappa shape index (κ3) is 4.72. The number of halogens is 2. The van der Waals surface area contributed by atoms with Crippen molar-refractivity contribution < 1.29 is 9.13 Å². The van der Waals surface area contributed by atoms with Gasteiger partial charge in [-0.2, -0.15) is 0 Å². The summed E-state index contributed by atoms with van der Waals surface area (Å²) in [4.78, 5) is 4.90. The normalized spacial score (nSPS) is 20.2. The lowest BCUT2D eigenvalue weighted by Gasteiger charge is -2.38. The van der Waals surface area contributed by atoms with Crippen LogP contribution in [0.25, 0.3) is 0 Å². The molecule has 3 rings (SSSR count). The van der Waals surface area contributed by atoms with Gasteiger partial charge in [0.05, 0.1) is 7.11 Å². The van der Waals surface area contributed by atoms with Crippen LogP contribution in [-0.2, 0) is 0 Å². The van der Waals surface area contributed by atoms with E-state index in [4.69, 9.17) is 4.74 Å². The van der Waals surface area contributed by atoms with Crippen LogP contribution in [0, 0.1) is 11.7 Å². The van der Waals surface area contributed by atoms with Crippen LogP contribution in [0.4, 0.5) is 10.1 Å². The molecule has 1 aromatic carbocycles. The van der Waals surface area contributed by atoms with E-state index in [1.165, 1.54) is 45.7 Å². The summed E-state index contributed by atoms with van der Waals surface area (Å²) in [6.07, 6.45) is 2.60. The highest BCUT2D eigenvalue weighted by Crippen LogP contribution is 2.25. The van der Waals surface area contributed by atoms with E-state index in [0.717, 1.165) is 37.8 Å². The third-order valence-electron chi connectivity index (χ3n) is 4.85. The third-order valence-corrected chi connectivity index (χ3v) is 4.85. The summed E-state index contributed by atoms with van der Waals surface area (Å²) in [6.45, 7) is 7.73. The van der Waals surface area contributed by atoms with Gasteiger partial charge in [-0.05, 0) is 44.0 Å². The van der Waals surface area contributed by atoms with Crippen LogP contribution in [0.5, 0.6) is 5.75 Å². The smallest absolute Gasteiger partial charge is 0.165 e. The first-order valence-corrected chi connectivity index (χ1v) is 8.28. The summed E-state index contributed by atoms with van der Waals surface area (Å²) in [7, 11) is 1.51. The van der Waals surface area contributed by atoms with E-state index >= 15 is 0 Å². The van der Waals surface area contributed by atoms with Gasteiger partial charge in [0.1, 0.15) is 0 Å². The molecule has 0 radical (unpaired) electrons. The number of rotatable bonds is 4. The molecule has 1 aromatic rings. The van der Waals surface area contributed by atoms with Gasteiger partial charge in [-0.25, -0.2) is 4.39 Å². The summed E-state index contributed by atoms with van der Waals surface area (Å²) >= 11 is 0. The van der Waals surface area contributed by atoms with Crippen LogP contribution in [0.2, 0.25) is 0 Å². The Bertz CT molecular complexity index is 489. The second kappa shape index (κ2) is 8.71. The lowest BCUT2D eigenvalue weighted by molar-refractivity contribution is 0.196. The number of ether oxygens (including phenoxy) is 1. The minimum Gasteiger partial charge on any atom is -0.494 e. The second-order valence-electron chi connectivity index (χ2n) is 6.30. The predicted octanol–water partition coefficient (Wildman–Crippen LogP) is 2.38. The monoisotopic (exact) mass is 343 g/mol. The molecule has 0 aromatic heterocycles. The number of benzene rings is 1. The van der Waals surface area contributed by atoms with Crippen molar-refractivity contribution in [1.82, 2.24) is 10.2 Å². The molecule has 130 valence electrons. The Hall–Kier alpha value is -1.04. The Kier molecular flexibility index (Phi) is 6.93. The zero-order chi connectivity index (χ0) is 15.4. The van der Waals surface area contributed by atoms with Gasteiger partial charge in [0.2, 0.25) is 0 Å². The fourth-order valence-electron chi connectivity index (χ4n) is 3.46. The molecular formula is C17H27ClFN3O. The first kappa shape index (κ1) is 18.3. The van der Waals surface area contributed by atoms with Gasteiger partial charge >= 0.3 is 0 Å². The SMILES string of the molecule is COc1cc(N2CCN(CC3CCNCC3)CC2)ccc1F.Cl. The van der Waals surface area contributed by atoms with Crippen molar-refractivity contribution in [3.8, 4) is 5.75 Å². The Balaban J connectivity index is 0.00000192. The molecule has 0 spiro atoms. The van der Waals surface area contributed by atoms with Crippen LogP contribution in [0.1, 0.15) is 12.8 Å². The second-order valence-corrected chi connectivity index (χ2v) is 6.30. The molecule has 2 saturated heterocycles. The Morgan fingerprint density at radius 2 is 1.87 bits per heavy atom. The molecule has 0 atom stereocenters. The van der Waals surface area contributed by atoms with Crippen molar-refractivity contribution >= 4 is 18.1 Å². The van der Waals surface area contributed by atoms with E-state index in [9.17, 15) is 4.39 Å². The summed E-state index contributed by atoms with van der Waals surface area (Å²) in [5.41, 5.74) is 1.06. The van der Waals surface area contributed by atoms with Crippen molar-refractivity contribution in [3.63, 3.8) is 0 Å². The highest BCUT2D eigenvalue weighted by Gasteiger charge is 2.22. The van der Waals surface area contributed by atoms with Crippen molar-refractivity contribution in [3.05, 3.63) is 24.0 Å². The number of piperidine rings is 1. The molecule has 6 heteroatoms. The topological polar surface area (TPSA) is 27.7 Å². The molecule has 0 aliphatic carbocycles. The van der Waals surface area contributed by atoms with E-state index in [1.807, 2.05) is 6.07 Å². The molecule has 0 saturated carbocycles. The minimum absolute atomic E-state index is 0. The van der Waals surface area contributed by atoms with E-state index in [2.05, 4.69) is 15.1 Å². The molecule has 2 aliphatic heterocycles. The molecule has 0 amide bonds. The maximum Gasteiger partial charge on any atom is 0.165 e. The highest BCUT2D eigenvalue weighted by molar-refractivity contribution is 5.85. The maximum absolute atomic E-state index is 13.5. The van der Waals surface area contributed by atoms with Crippen molar-refractivity contribution in [2.75, 3.05) is 57.8 Å². The van der Waals surface area contributed by atoms with E-state index < -0.39 is 0 Å².